The Morgan fingerprint density at radius 3 is 2.28 bits per heavy atom. The Kier molecular flexibility index (Phi) is 3.93. The molecule has 0 bridgehead atoms. The number of amides is 1. The van der Waals surface area contributed by atoms with E-state index in [2.05, 4.69) is 14.8 Å². The number of para-hydroxylation sites is 1. The van der Waals surface area contributed by atoms with Gasteiger partial charge in [-0.15, -0.1) is 0 Å². The van der Waals surface area contributed by atoms with Gasteiger partial charge in [0.1, 0.15) is 11.6 Å². The molecule has 1 aliphatic heterocycles. The molecular formula is C19H19N5O. The van der Waals surface area contributed by atoms with Crippen LogP contribution in [-0.2, 0) is 0 Å². The molecule has 0 spiro atoms. The molecule has 6 nitrogen and oxygen atoms in total. The molecule has 1 aliphatic rings. The molecule has 0 saturated carbocycles. The van der Waals surface area contributed by atoms with Gasteiger partial charge in [0, 0.05) is 37.8 Å². The number of piperazine rings is 1. The number of rotatable bonds is 3. The molecule has 2 N–H and O–H groups in total. The van der Waals surface area contributed by atoms with Crippen molar-refractivity contribution in [2.45, 2.75) is 0 Å². The molecule has 1 amide bonds. The van der Waals surface area contributed by atoms with Crippen molar-refractivity contribution in [2.24, 2.45) is 5.73 Å². The highest BCUT2D eigenvalue weighted by atomic mass is 16.1. The van der Waals surface area contributed by atoms with E-state index in [0.29, 0.717) is 5.56 Å². The summed E-state index contributed by atoms with van der Waals surface area (Å²) in [5, 5.41) is 0.797. The number of anilines is 2. The van der Waals surface area contributed by atoms with Crippen LogP contribution >= 0.6 is 0 Å². The van der Waals surface area contributed by atoms with Gasteiger partial charge in [0.05, 0.1) is 11.1 Å². The van der Waals surface area contributed by atoms with Gasteiger partial charge in [0.15, 0.2) is 0 Å². The van der Waals surface area contributed by atoms with Crippen LogP contribution in [0.1, 0.15) is 10.4 Å². The fourth-order valence-electron chi connectivity index (χ4n) is 3.23. The van der Waals surface area contributed by atoms with Gasteiger partial charge in [-0.05, 0) is 24.3 Å². The maximum atomic E-state index is 11.8. The first-order chi connectivity index (χ1) is 12.2. The van der Waals surface area contributed by atoms with E-state index in [1.54, 1.807) is 6.07 Å². The van der Waals surface area contributed by atoms with Crippen LogP contribution in [0, 0.1) is 0 Å². The van der Waals surface area contributed by atoms with Crippen LogP contribution in [0.15, 0.2) is 54.7 Å². The third kappa shape index (κ3) is 2.98. The number of benzene rings is 1. The van der Waals surface area contributed by atoms with Gasteiger partial charge >= 0.3 is 0 Å². The van der Waals surface area contributed by atoms with Crippen molar-refractivity contribution in [1.82, 2.24) is 9.97 Å². The fraction of sp³-hybridized carbons (Fsp3) is 0.211. The summed E-state index contributed by atoms with van der Waals surface area (Å²) in [6, 6.07) is 15.4. The molecule has 3 heterocycles. The molecule has 1 saturated heterocycles. The van der Waals surface area contributed by atoms with E-state index in [4.69, 9.17) is 10.7 Å². The van der Waals surface area contributed by atoms with Crippen molar-refractivity contribution in [3.05, 3.63) is 60.3 Å². The van der Waals surface area contributed by atoms with Crippen molar-refractivity contribution in [2.75, 3.05) is 36.0 Å². The maximum Gasteiger partial charge on any atom is 0.249 e. The van der Waals surface area contributed by atoms with Crippen molar-refractivity contribution < 1.29 is 4.79 Å². The SMILES string of the molecule is NC(=O)c1cc(N2CCN(c3ccccn3)CC2)nc2ccccc12. The largest absolute Gasteiger partial charge is 0.366 e. The molecule has 1 fully saturated rings. The van der Waals surface area contributed by atoms with Crippen LogP contribution in [0.25, 0.3) is 10.9 Å². The highest BCUT2D eigenvalue weighted by Crippen LogP contribution is 2.24. The third-order valence-electron chi connectivity index (χ3n) is 4.55. The Morgan fingerprint density at radius 2 is 1.60 bits per heavy atom. The Hall–Kier alpha value is -3.15. The number of hydrogen-bond acceptors (Lipinski definition) is 5. The second-order valence-electron chi connectivity index (χ2n) is 6.07. The fourth-order valence-corrected chi connectivity index (χ4v) is 3.23. The molecule has 0 unspecified atom stereocenters. The molecule has 126 valence electrons. The number of fused-ring (bicyclic) bond motifs is 1. The molecule has 0 radical (unpaired) electrons. The summed E-state index contributed by atoms with van der Waals surface area (Å²) < 4.78 is 0. The van der Waals surface area contributed by atoms with Crippen LogP contribution in [0.3, 0.4) is 0 Å². The van der Waals surface area contributed by atoms with Gasteiger partial charge in [-0.3, -0.25) is 4.79 Å². The number of hydrogen-bond donors (Lipinski definition) is 1. The summed E-state index contributed by atoms with van der Waals surface area (Å²) in [4.78, 5) is 25.4. The number of nitrogens with two attached hydrogens (primary N) is 1. The number of carbonyl (C=O) groups is 1. The average Bonchev–Trinajstić information content (AvgIpc) is 2.68. The summed E-state index contributed by atoms with van der Waals surface area (Å²) in [6.45, 7) is 3.36. The van der Waals surface area contributed by atoms with Crippen LogP contribution in [-0.4, -0.2) is 42.1 Å². The van der Waals surface area contributed by atoms with Crippen LogP contribution < -0.4 is 15.5 Å². The van der Waals surface area contributed by atoms with Gasteiger partial charge in [-0.2, -0.15) is 0 Å². The van der Waals surface area contributed by atoms with Crippen molar-refractivity contribution in [1.29, 1.82) is 0 Å². The lowest BCUT2D eigenvalue weighted by molar-refractivity contribution is 0.100. The zero-order valence-corrected chi connectivity index (χ0v) is 13.8. The predicted octanol–water partition coefficient (Wildman–Crippen LogP) is 2.06. The minimum atomic E-state index is -0.424. The summed E-state index contributed by atoms with van der Waals surface area (Å²) in [7, 11) is 0. The van der Waals surface area contributed by atoms with Gasteiger partial charge < -0.3 is 15.5 Å². The molecule has 4 rings (SSSR count). The first kappa shape index (κ1) is 15.4. The first-order valence-electron chi connectivity index (χ1n) is 8.33. The highest BCUT2D eigenvalue weighted by molar-refractivity contribution is 6.06. The van der Waals surface area contributed by atoms with Crippen LogP contribution in [0.5, 0.6) is 0 Å². The lowest BCUT2D eigenvalue weighted by Gasteiger charge is -2.36. The summed E-state index contributed by atoms with van der Waals surface area (Å²) >= 11 is 0. The highest BCUT2D eigenvalue weighted by Gasteiger charge is 2.20. The molecule has 3 aromatic rings. The van der Waals surface area contributed by atoms with Gasteiger partial charge in [-0.25, -0.2) is 9.97 Å². The molecule has 1 aromatic carbocycles. The van der Waals surface area contributed by atoms with E-state index in [0.717, 1.165) is 48.7 Å². The molecule has 0 aliphatic carbocycles. The van der Waals surface area contributed by atoms with E-state index >= 15 is 0 Å². The van der Waals surface area contributed by atoms with Crippen molar-refractivity contribution in [3.63, 3.8) is 0 Å². The zero-order valence-electron chi connectivity index (χ0n) is 13.8. The molecule has 6 heteroatoms. The lowest BCUT2D eigenvalue weighted by atomic mass is 10.1. The normalized spacial score (nSPS) is 14.7. The maximum absolute atomic E-state index is 11.8. The minimum Gasteiger partial charge on any atom is -0.366 e. The number of pyridine rings is 2. The van der Waals surface area contributed by atoms with Gasteiger partial charge in [0.25, 0.3) is 0 Å². The van der Waals surface area contributed by atoms with Gasteiger partial charge in [-0.1, -0.05) is 24.3 Å². The Balaban J connectivity index is 1.60. The van der Waals surface area contributed by atoms with Crippen LogP contribution in [0.4, 0.5) is 11.6 Å². The molecular weight excluding hydrogens is 314 g/mol. The van der Waals surface area contributed by atoms with Crippen molar-refractivity contribution in [3.8, 4) is 0 Å². The summed E-state index contributed by atoms with van der Waals surface area (Å²) in [5.41, 5.74) is 6.89. The molecule has 25 heavy (non-hydrogen) atoms. The predicted molar refractivity (Wildman–Crippen MR) is 98.9 cm³/mol. The second-order valence-corrected chi connectivity index (χ2v) is 6.07. The Labute approximate surface area is 145 Å². The zero-order chi connectivity index (χ0) is 17.2. The number of carbonyl (C=O) groups excluding carboxylic acids is 1. The summed E-state index contributed by atoms with van der Waals surface area (Å²) in [5.74, 6) is 1.37. The van der Waals surface area contributed by atoms with E-state index < -0.39 is 5.91 Å². The third-order valence-corrected chi connectivity index (χ3v) is 4.55. The Bertz CT molecular complexity index is 904. The van der Waals surface area contributed by atoms with Gasteiger partial charge in [0.2, 0.25) is 5.91 Å². The second kappa shape index (κ2) is 6.39. The Morgan fingerprint density at radius 1 is 0.920 bits per heavy atom. The molecule has 2 aromatic heterocycles. The average molecular weight is 333 g/mol. The van der Waals surface area contributed by atoms with Crippen LogP contribution in [0.2, 0.25) is 0 Å². The topological polar surface area (TPSA) is 75.4 Å². The molecule has 0 atom stereocenters. The lowest BCUT2D eigenvalue weighted by Crippen LogP contribution is -2.47. The van der Waals surface area contributed by atoms with E-state index in [1.165, 1.54) is 0 Å². The van der Waals surface area contributed by atoms with E-state index in [-0.39, 0.29) is 0 Å². The monoisotopic (exact) mass is 333 g/mol. The first-order valence-corrected chi connectivity index (χ1v) is 8.33. The quantitative estimate of drug-likeness (QED) is 0.794. The van der Waals surface area contributed by atoms with E-state index in [9.17, 15) is 4.79 Å². The number of nitrogens with zero attached hydrogens (tertiary/aromatic N) is 4. The van der Waals surface area contributed by atoms with E-state index in [1.807, 2.05) is 48.7 Å². The van der Waals surface area contributed by atoms with Crippen molar-refractivity contribution >= 4 is 28.4 Å². The standard InChI is InChI=1S/C19H19N5O/c20-19(25)15-13-18(22-16-6-2-1-5-14(15)16)24-11-9-23(10-12-24)17-7-3-4-8-21-17/h1-8,13H,9-12H2,(H2,20,25). The number of primary amides is 1. The minimum absolute atomic E-state index is 0.424. The smallest absolute Gasteiger partial charge is 0.249 e. The summed E-state index contributed by atoms with van der Waals surface area (Å²) in [6.07, 6.45) is 1.81. The number of aromatic nitrogens is 2.